The van der Waals surface area contributed by atoms with Crippen molar-refractivity contribution in [3.63, 3.8) is 0 Å². The van der Waals surface area contributed by atoms with Crippen LogP contribution in [-0.4, -0.2) is 22.3 Å². The van der Waals surface area contributed by atoms with E-state index in [1.165, 1.54) is 68.3 Å². The number of aryl methyl sites for hydroxylation is 1. The second-order valence-corrected chi connectivity index (χ2v) is 8.51. The van der Waals surface area contributed by atoms with Crippen molar-refractivity contribution in [2.75, 3.05) is 6.61 Å². The molecule has 1 unspecified atom stereocenters. The van der Waals surface area contributed by atoms with Crippen LogP contribution in [0.2, 0.25) is 0 Å². The van der Waals surface area contributed by atoms with E-state index in [1.807, 2.05) is 25.3 Å². The van der Waals surface area contributed by atoms with E-state index in [9.17, 15) is 0 Å². The highest BCUT2D eigenvalue weighted by atomic mass is 16.5. The summed E-state index contributed by atoms with van der Waals surface area (Å²) in [6.45, 7) is 4.96. The molecule has 0 fully saturated rings. The number of hydrogen-bond acceptors (Lipinski definition) is 2. The second kappa shape index (κ2) is 10.0. The van der Waals surface area contributed by atoms with Gasteiger partial charge in [-0.05, 0) is 68.4 Å². The zero-order valence-corrected chi connectivity index (χ0v) is 18.5. The van der Waals surface area contributed by atoms with Crippen molar-refractivity contribution in [2.45, 2.75) is 77.6 Å². The van der Waals surface area contributed by atoms with Gasteiger partial charge in [0.1, 0.15) is 11.5 Å². The smallest absolute Gasteiger partial charge is 0.147 e. The van der Waals surface area contributed by atoms with E-state index < -0.39 is 0 Å². The molecule has 0 saturated heterocycles. The topological polar surface area (TPSA) is 53.2 Å². The summed E-state index contributed by atoms with van der Waals surface area (Å²) in [6.07, 6.45) is 17.8. The number of rotatable bonds is 7. The standard InChI is InChI=1S/C26H35N3O/c1-3-5-11-19-12-8-6-7-9-13-20-16-21(19)23(28-20)17-25-26(30-4-2)18-24(29-25)22-14-10-15-27-22/h10,14-19,27-28H,3-9,11-13H2,1-2H3. The minimum absolute atomic E-state index is 0.632. The van der Waals surface area contributed by atoms with Gasteiger partial charge in [0.2, 0.25) is 0 Å². The molecule has 3 heterocycles. The molecule has 0 radical (unpaired) electrons. The van der Waals surface area contributed by atoms with E-state index in [0.29, 0.717) is 12.5 Å². The minimum atomic E-state index is 0.632. The molecule has 2 bridgehead atoms. The summed E-state index contributed by atoms with van der Waals surface area (Å²) in [5.74, 6) is 1.49. The third-order valence-corrected chi connectivity index (χ3v) is 6.25. The van der Waals surface area contributed by atoms with Crippen LogP contribution in [0.5, 0.6) is 0 Å². The summed E-state index contributed by atoms with van der Waals surface area (Å²) in [7, 11) is 0. The van der Waals surface area contributed by atoms with Crippen LogP contribution >= 0.6 is 0 Å². The maximum Gasteiger partial charge on any atom is 0.147 e. The average Bonchev–Trinajstić information content (AvgIpc) is 3.48. The van der Waals surface area contributed by atoms with Crippen LogP contribution in [0.3, 0.4) is 0 Å². The van der Waals surface area contributed by atoms with E-state index in [1.54, 1.807) is 0 Å². The van der Waals surface area contributed by atoms with Crippen molar-refractivity contribution in [1.29, 1.82) is 0 Å². The van der Waals surface area contributed by atoms with Crippen LogP contribution in [-0.2, 0) is 11.2 Å². The number of aliphatic imine (C=N–C) groups is 1. The lowest BCUT2D eigenvalue weighted by atomic mass is 9.87. The van der Waals surface area contributed by atoms with Crippen molar-refractivity contribution < 1.29 is 4.74 Å². The van der Waals surface area contributed by atoms with E-state index in [2.05, 4.69) is 35.1 Å². The molecule has 1 aliphatic carbocycles. The van der Waals surface area contributed by atoms with Crippen LogP contribution in [0.1, 0.15) is 93.8 Å². The lowest BCUT2D eigenvalue weighted by Gasteiger charge is -2.17. The van der Waals surface area contributed by atoms with Gasteiger partial charge >= 0.3 is 0 Å². The van der Waals surface area contributed by atoms with E-state index in [4.69, 9.17) is 9.73 Å². The Kier molecular flexibility index (Phi) is 6.93. The Balaban J connectivity index is 1.70. The van der Waals surface area contributed by atoms with Crippen molar-refractivity contribution >= 4 is 11.8 Å². The van der Waals surface area contributed by atoms with Gasteiger partial charge in [0.15, 0.2) is 0 Å². The molecule has 2 aromatic rings. The molecule has 4 rings (SSSR count). The fraction of sp³-hybridized carbons (Fsp3) is 0.500. The first kappa shape index (κ1) is 20.8. The Morgan fingerprint density at radius 2 is 2.10 bits per heavy atom. The van der Waals surface area contributed by atoms with Crippen LogP contribution in [0.4, 0.5) is 0 Å². The van der Waals surface area contributed by atoms with Gasteiger partial charge < -0.3 is 14.7 Å². The predicted octanol–water partition coefficient (Wildman–Crippen LogP) is 6.89. The number of aromatic amines is 2. The number of unbranched alkanes of at least 4 members (excludes halogenated alkanes) is 1. The van der Waals surface area contributed by atoms with Crippen LogP contribution < -0.4 is 0 Å². The van der Waals surface area contributed by atoms with Crippen LogP contribution in [0.25, 0.3) is 6.08 Å². The lowest BCUT2D eigenvalue weighted by Crippen LogP contribution is -2.01. The first-order valence-corrected chi connectivity index (χ1v) is 11.8. The largest absolute Gasteiger partial charge is 0.492 e. The maximum absolute atomic E-state index is 5.94. The molecule has 2 aliphatic rings. The Bertz CT molecular complexity index is 914. The normalized spacial score (nSPS) is 20.9. The van der Waals surface area contributed by atoms with Crippen LogP contribution in [0.15, 0.2) is 46.9 Å². The number of fused-ring (bicyclic) bond motifs is 2. The first-order chi connectivity index (χ1) is 14.8. The van der Waals surface area contributed by atoms with E-state index in [-0.39, 0.29) is 0 Å². The molecule has 0 spiro atoms. The predicted molar refractivity (Wildman–Crippen MR) is 125 cm³/mol. The molecule has 1 atom stereocenters. The van der Waals surface area contributed by atoms with E-state index >= 15 is 0 Å². The Hall–Kier alpha value is -2.49. The van der Waals surface area contributed by atoms with Gasteiger partial charge in [-0.1, -0.05) is 39.0 Å². The highest BCUT2D eigenvalue weighted by Crippen LogP contribution is 2.35. The number of hydrogen-bond donors (Lipinski definition) is 2. The Labute approximate surface area is 180 Å². The van der Waals surface area contributed by atoms with Gasteiger partial charge in [0.05, 0.1) is 18.0 Å². The molecule has 0 aromatic carbocycles. The molecule has 1 aliphatic heterocycles. The van der Waals surface area contributed by atoms with Crippen LogP contribution in [0, 0.1) is 0 Å². The Morgan fingerprint density at radius 1 is 1.20 bits per heavy atom. The highest BCUT2D eigenvalue weighted by molar-refractivity contribution is 6.11. The summed E-state index contributed by atoms with van der Waals surface area (Å²) in [5.41, 5.74) is 6.95. The number of aromatic nitrogens is 2. The molecule has 4 nitrogen and oxygen atoms in total. The lowest BCUT2D eigenvalue weighted by molar-refractivity contribution is 0.239. The van der Waals surface area contributed by atoms with Gasteiger partial charge in [0.25, 0.3) is 0 Å². The molecule has 0 amide bonds. The average molecular weight is 406 g/mol. The quantitative estimate of drug-likeness (QED) is 0.518. The summed E-state index contributed by atoms with van der Waals surface area (Å²) in [6, 6.07) is 6.49. The zero-order valence-electron chi connectivity index (χ0n) is 18.5. The molecule has 160 valence electrons. The third kappa shape index (κ3) is 4.80. The van der Waals surface area contributed by atoms with Crippen molar-refractivity contribution in [1.82, 2.24) is 9.97 Å². The van der Waals surface area contributed by atoms with Gasteiger partial charge in [-0.25, -0.2) is 4.99 Å². The number of nitrogens with one attached hydrogen (secondary N) is 2. The SMILES string of the molecule is CCCCC1CCCCCCc2cc1c(C=C1N=C(c3ccc[nH]3)C=C1OCC)[nH]2. The fourth-order valence-electron chi connectivity index (χ4n) is 4.66. The number of allylic oxidation sites excluding steroid dienone is 1. The summed E-state index contributed by atoms with van der Waals surface area (Å²) in [5, 5.41) is 0. The molecule has 0 saturated carbocycles. The second-order valence-electron chi connectivity index (χ2n) is 8.51. The van der Waals surface area contributed by atoms with Crippen molar-refractivity contribution in [2.24, 2.45) is 4.99 Å². The first-order valence-electron chi connectivity index (χ1n) is 11.8. The summed E-state index contributed by atoms with van der Waals surface area (Å²) in [4.78, 5) is 11.9. The molecule has 2 N–H and O–H groups in total. The zero-order chi connectivity index (χ0) is 20.8. The van der Waals surface area contributed by atoms with Gasteiger partial charge in [-0.15, -0.1) is 0 Å². The minimum Gasteiger partial charge on any atom is -0.492 e. The molecule has 2 aromatic heterocycles. The monoisotopic (exact) mass is 405 g/mol. The van der Waals surface area contributed by atoms with Gasteiger partial charge in [-0.3, -0.25) is 0 Å². The number of ether oxygens (including phenoxy) is 1. The van der Waals surface area contributed by atoms with Gasteiger partial charge in [0, 0.05) is 23.7 Å². The molecular weight excluding hydrogens is 370 g/mol. The molecular formula is C26H35N3O. The molecule has 4 heteroatoms. The van der Waals surface area contributed by atoms with E-state index in [0.717, 1.165) is 29.3 Å². The summed E-state index contributed by atoms with van der Waals surface area (Å²) >= 11 is 0. The van der Waals surface area contributed by atoms with Crippen molar-refractivity contribution in [3.8, 4) is 0 Å². The fourth-order valence-corrected chi connectivity index (χ4v) is 4.66. The van der Waals surface area contributed by atoms with Crippen molar-refractivity contribution in [3.05, 3.63) is 64.6 Å². The number of H-pyrrole nitrogens is 2. The highest BCUT2D eigenvalue weighted by Gasteiger charge is 2.22. The summed E-state index contributed by atoms with van der Waals surface area (Å²) < 4.78 is 5.94. The number of nitrogens with zero attached hydrogens (tertiary/aromatic N) is 1. The Morgan fingerprint density at radius 3 is 2.90 bits per heavy atom. The maximum atomic E-state index is 5.94. The molecule has 30 heavy (non-hydrogen) atoms. The third-order valence-electron chi connectivity index (χ3n) is 6.25. The van der Waals surface area contributed by atoms with Gasteiger partial charge in [-0.2, -0.15) is 0 Å².